The summed E-state index contributed by atoms with van der Waals surface area (Å²) in [5.41, 5.74) is 1.21. The van der Waals surface area contributed by atoms with Crippen LogP contribution in [0.5, 0.6) is 0 Å². The Balaban J connectivity index is 1.55. The van der Waals surface area contributed by atoms with Gasteiger partial charge in [0.05, 0.1) is 24.9 Å². The van der Waals surface area contributed by atoms with Crippen molar-refractivity contribution < 1.29 is 14.2 Å². The highest BCUT2D eigenvalue weighted by Crippen LogP contribution is 2.34. The number of ether oxygens (including phenoxy) is 1. The van der Waals surface area contributed by atoms with Crippen LogP contribution in [0, 0.1) is 5.82 Å². The lowest BCUT2D eigenvalue weighted by atomic mass is 9.96. The third-order valence-electron chi connectivity index (χ3n) is 4.39. The first-order valence-electron chi connectivity index (χ1n) is 7.70. The van der Waals surface area contributed by atoms with Crippen LogP contribution in [0.3, 0.4) is 0 Å². The number of halogens is 1. The summed E-state index contributed by atoms with van der Waals surface area (Å²) in [6, 6.07) is 5.06. The number of rotatable bonds is 4. The van der Waals surface area contributed by atoms with Gasteiger partial charge in [-0.05, 0) is 37.0 Å². The molecule has 5 nitrogen and oxygen atoms in total. The number of aliphatic imine (C=N–C) groups is 1. The molecule has 0 spiro atoms. The van der Waals surface area contributed by atoms with Crippen molar-refractivity contribution in [2.45, 2.75) is 50.7 Å². The number of nitrogens with one attached hydrogen (secondary N) is 2. The Morgan fingerprint density at radius 2 is 2.32 bits per heavy atom. The van der Waals surface area contributed by atoms with Crippen LogP contribution in [0.4, 0.5) is 4.39 Å². The van der Waals surface area contributed by atoms with Gasteiger partial charge in [0, 0.05) is 19.2 Å². The van der Waals surface area contributed by atoms with Crippen molar-refractivity contribution in [1.82, 2.24) is 10.6 Å². The van der Waals surface area contributed by atoms with Crippen LogP contribution < -0.4 is 10.6 Å². The summed E-state index contributed by atoms with van der Waals surface area (Å²) >= 11 is 0. The molecule has 3 atom stereocenters. The predicted molar refractivity (Wildman–Crippen MR) is 82.0 cm³/mol. The normalized spacial score (nSPS) is 27.2. The second-order valence-corrected chi connectivity index (χ2v) is 5.87. The van der Waals surface area contributed by atoms with Crippen molar-refractivity contribution in [2.75, 3.05) is 7.05 Å². The van der Waals surface area contributed by atoms with E-state index in [1.807, 2.05) is 0 Å². The third kappa shape index (κ3) is 3.23. The first-order chi connectivity index (χ1) is 10.7. The summed E-state index contributed by atoms with van der Waals surface area (Å²) in [7, 11) is 1.73. The SMILES string of the molecule is CN=C(NCc1ccc(F)c(CO)c1)NC1CC2CCC1O2. The second kappa shape index (κ2) is 6.62. The van der Waals surface area contributed by atoms with Crippen molar-refractivity contribution >= 4 is 5.96 Å². The van der Waals surface area contributed by atoms with Crippen molar-refractivity contribution in [3.63, 3.8) is 0 Å². The fourth-order valence-electron chi connectivity index (χ4n) is 3.20. The summed E-state index contributed by atoms with van der Waals surface area (Å²) in [5, 5.41) is 15.7. The Morgan fingerprint density at radius 3 is 2.95 bits per heavy atom. The number of fused-ring (bicyclic) bond motifs is 2. The van der Waals surface area contributed by atoms with Gasteiger partial charge in [-0.25, -0.2) is 4.39 Å². The number of nitrogens with zero attached hydrogens (tertiary/aromatic N) is 1. The summed E-state index contributed by atoms with van der Waals surface area (Å²) in [5.74, 6) is 0.337. The predicted octanol–water partition coefficient (Wildman–Crippen LogP) is 1.30. The van der Waals surface area contributed by atoms with E-state index in [1.165, 1.54) is 6.07 Å². The van der Waals surface area contributed by atoms with Crippen molar-refractivity contribution in [3.8, 4) is 0 Å². The van der Waals surface area contributed by atoms with Gasteiger partial charge in [0.1, 0.15) is 5.82 Å². The average molecular weight is 307 g/mol. The van der Waals surface area contributed by atoms with E-state index in [0.717, 1.165) is 30.8 Å². The molecule has 2 aliphatic rings. The van der Waals surface area contributed by atoms with Crippen LogP contribution in [-0.4, -0.2) is 36.4 Å². The third-order valence-corrected chi connectivity index (χ3v) is 4.39. The largest absolute Gasteiger partial charge is 0.392 e. The van der Waals surface area contributed by atoms with Crippen LogP contribution >= 0.6 is 0 Å². The van der Waals surface area contributed by atoms with Crippen molar-refractivity contribution in [2.24, 2.45) is 4.99 Å². The van der Waals surface area contributed by atoms with Gasteiger partial charge in [0.2, 0.25) is 0 Å². The molecule has 0 aliphatic carbocycles. The molecule has 2 aliphatic heterocycles. The van der Waals surface area contributed by atoms with Gasteiger partial charge in [-0.15, -0.1) is 0 Å². The Kier molecular flexibility index (Phi) is 4.59. The van der Waals surface area contributed by atoms with Crippen molar-refractivity contribution in [1.29, 1.82) is 0 Å². The first-order valence-corrected chi connectivity index (χ1v) is 7.70. The molecule has 2 heterocycles. The minimum absolute atomic E-state index is 0.287. The highest BCUT2D eigenvalue weighted by Gasteiger charge is 2.41. The molecule has 22 heavy (non-hydrogen) atoms. The van der Waals surface area contributed by atoms with E-state index in [-0.39, 0.29) is 18.5 Å². The maximum Gasteiger partial charge on any atom is 0.191 e. The molecule has 3 N–H and O–H groups in total. The second-order valence-electron chi connectivity index (χ2n) is 5.87. The fourth-order valence-corrected chi connectivity index (χ4v) is 3.20. The molecular formula is C16H22FN3O2. The molecule has 1 aromatic rings. The number of guanidine groups is 1. The maximum absolute atomic E-state index is 13.4. The molecule has 2 fully saturated rings. The van der Waals surface area contributed by atoms with Gasteiger partial charge in [0.15, 0.2) is 5.96 Å². The molecule has 0 radical (unpaired) electrons. The number of hydrogen-bond donors (Lipinski definition) is 3. The lowest BCUT2D eigenvalue weighted by Gasteiger charge is -2.22. The van der Waals surface area contributed by atoms with E-state index in [2.05, 4.69) is 15.6 Å². The molecule has 6 heteroatoms. The maximum atomic E-state index is 13.4. The van der Waals surface area contributed by atoms with E-state index < -0.39 is 0 Å². The molecule has 0 saturated carbocycles. The van der Waals surface area contributed by atoms with Gasteiger partial charge < -0.3 is 20.5 Å². The minimum atomic E-state index is -0.382. The average Bonchev–Trinajstić information content (AvgIpc) is 3.15. The van der Waals surface area contributed by atoms with Crippen LogP contribution in [0.25, 0.3) is 0 Å². The molecule has 1 aromatic carbocycles. The monoisotopic (exact) mass is 307 g/mol. The lowest BCUT2D eigenvalue weighted by Crippen LogP contribution is -2.47. The van der Waals surface area contributed by atoms with E-state index in [4.69, 9.17) is 9.84 Å². The Bertz CT molecular complexity index is 564. The smallest absolute Gasteiger partial charge is 0.191 e. The number of hydrogen-bond acceptors (Lipinski definition) is 3. The van der Waals surface area contributed by atoms with Crippen LogP contribution in [-0.2, 0) is 17.9 Å². The van der Waals surface area contributed by atoms with Gasteiger partial charge in [-0.2, -0.15) is 0 Å². The summed E-state index contributed by atoms with van der Waals surface area (Å²) < 4.78 is 19.2. The minimum Gasteiger partial charge on any atom is -0.392 e. The molecule has 0 aromatic heterocycles. The van der Waals surface area contributed by atoms with Gasteiger partial charge in [-0.3, -0.25) is 4.99 Å². The Morgan fingerprint density at radius 1 is 1.45 bits per heavy atom. The molecule has 3 rings (SSSR count). The van der Waals surface area contributed by atoms with E-state index in [9.17, 15) is 4.39 Å². The van der Waals surface area contributed by atoms with Crippen molar-refractivity contribution in [3.05, 3.63) is 35.1 Å². The summed E-state index contributed by atoms with van der Waals surface area (Å²) in [6.07, 6.45) is 3.97. The Hall–Kier alpha value is -1.66. The fraction of sp³-hybridized carbons (Fsp3) is 0.562. The highest BCUT2D eigenvalue weighted by atomic mass is 19.1. The highest BCUT2D eigenvalue weighted by molar-refractivity contribution is 5.80. The zero-order valence-electron chi connectivity index (χ0n) is 12.7. The van der Waals surface area contributed by atoms with Crippen LogP contribution in [0.15, 0.2) is 23.2 Å². The standard InChI is InChI=1S/C16H22FN3O2/c1-18-16(20-14-7-12-3-5-15(14)22-12)19-8-10-2-4-13(17)11(6-10)9-21/h2,4,6,12,14-15,21H,3,5,7-9H2,1H3,(H2,18,19,20). The zero-order chi connectivity index (χ0) is 15.5. The Labute approximate surface area is 129 Å². The molecule has 120 valence electrons. The van der Waals surface area contributed by atoms with E-state index >= 15 is 0 Å². The summed E-state index contributed by atoms with van der Waals surface area (Å²) in [6.45, 7) is 0.226. The molecule has 2 bridgehead atoms. The van der Waals surface area contributed by atoms with Gasteiger partial charge >= 0.3 is 0 Å². The summed E-state index contributed by atoms with van der Waals surface area (Å²) in [4.78, 5) is 4.23. The van der Waals surface area contributed by atoms with E-state index in [1.54, 1.807) is 19.2 Å². The molecule has 0 amide bonds. The quantitative estimate of drug-likeness (QED) is 0.579. The van der Waals surface area contributed by atoms with Crippen LogP contribution in [0.1, 0.15) is 30.4 Å². The van der Waals surface area contributed by atoms with Crippen LogP contribution in [0.2, 0.25) is 0 Å². The zero-order valence-corrected chi connectivity index (χ0v) is 12.7. The lowest BCUT2D eigenvalue weighted by molar-refractivity contribution is 0.0992. The van der Waals surface area contributed by atoms with Gasteiger partial charge in [-0.1, -0.05) is 6.07 Å². The van der Waals surface area contributed by atoms with E-state index in [0.29, 0.717) is 24.3 Å². The number of aliphatic hydroxyl groups excluding tert-OH is 1. The number of benzene rings is 1. The molecule has 3 unspecified atom stereocenters. The molecule has 2 saturated heterocycles. The first kappa shape index (κ1) is 15.2. The van der Waals surface area contributed by atoms with Gasteiger partial charge in [0.25, 0.3) is 0 Å². The number of aliphatic hydroxyl groups is 1. The molecular weight excluding hydrogens is 285 g/mol. The topological polar surface area (TPSA) is 65.9 Å².